The lowest BCUT2D eigenvalue weighted by Crippen LogP contribution is -2.13. The molecule has 0 radical (unpaired) electrons. The molecule has 2 heterocycles. The average molecular weight is 302 g/mol. The van der Waals surface area contributed by atoms with E-state index in [1.165, 1.54) is 18.3 Å². The molecule has 2 aromatic heterocycles. The number of halogens is 1. The molecule has 0 bridgehead atoms. The molecule has 0 aliphatic heterocycles. The normalized spacial score (nSPS) is 11.2. The van der Waals surface area contributed by atoms with Gasteiger partial charge in [0, 0.05) is 12.4 Å². The molecule has 100 valence electrons. The number of aromatic amines is 1. The van der Waals surface area contributed by atoms with Crippen LogP contribution >= 0.6 is 11.6 Å². The molecule has 3 N–H and O–H groups in total. The van der Waals surface area contributed by atoms with E-state index in [0.29, 0.717) is 5.02 Å². The Hall–Kier alpha value is -2.06. The van der Waals surface area contributed by atoms with Gasteiger partial charge in [-0.15, -0.1) is 0 Å². The van der Waals surface area contributed by atoms with Crippen molar-refractivity contribution in [2.24, 2.45) is 0 Å². The van der Waals surface area contributed by atoms with E-state index in [-0.39, 0.29) is 16.4 Å². The first kappa shape index (κ1) is 13.4. The second-order valence-corrected chi connectivity index (χ2v) is 5.64. The largest absolute Gasteiger partial charge is 0.477 e. The van der Waals surface area contributed by atoms with E-state index in [9.17, 15) is 13.2 Å². The van der Waals surface area contributed by atoms with Crippen LogP contribution in [0.25, 0.3) is 0 Å². The number of hydrogen-bond acceptors (Lipinski definition) is 4. The third-order valence-electron chi connectivity index (χ3n) is 2.16. The molecule has 0 saturated carbocycles. The Kier molecular flexibility index (Phi) is 3.45. The minimum Gasteiger partial charge on any atom is -0.477 e. The molecule has 0 aromatic carbocycles. The number of carboxylic acids is 1. The van der Waals surface area contributed by atoms with Gasteiger partial charge in [0.1, 0.15) is 16.4 Å². The Morgan fingerprint density at radius 2 is 2.16 bits per heavy atom. The van der Waals surface area contributed by atoms with Gasteiger partial charge in [-0.05, 0) is 18.2 Å². The molecule has 9 heteroatoms. The summed E-state index contributed by atoms with van der Waals surface area (Å²) in [7, 11) is -3.89. The summed E-state index contributed by atoms with van der Waals surface area (Å²) in [5.41, 5.74) is -0.218. The van der Waals surface area contributed by atoms with E-state index in [1.54, 1.807) is 0 Å². The van der Waals surface area contributed by atoms with Gasteiger partial charge in [-0.2, -0.15) is 0 Å². The summed E-state index contributed by atoms with van der Waals surface area (Å²) in [6.07, 6.45) is 2.38. The van der Waals surface area contributed by atoms with Crippen molar-refractivity contribution in [1.82, 2.24) is 9.97 Å². The van der Waals surface area contributed by atoms with Crippen molar-refractivity contribution < 1.29 is 18.3 Å². The number of H-pyrrole nitrogens is 1. The number of carbonyl (C=O) groups is 1. The number of anilines is 1. The van der Waals surface area contributed by atoms with Gasteiger partial charge < -0.3 is 10.1 Å². The van der Waals surface area contributed by atoms with E-state index < -0.39 is 16.0 Å². The lowest BCUT2D eigenvalue weighted by molar-refractivity contribution is 0.0691. The first-order valence-corrected chi connectivity index (χ1v) is 6.81. The summed E-state index contributed by atoms with van der Waals surface area (Å²) in [6.45, 7) is 0. The number of aromatic carboxylic acids is 1. The van der Waals surface area contributed by atoms with Crippen LogP contribution in [0, 0.1) is 0 Å². The Morgan fingerprint density at radius 3 is 2.68 bits per heavy atom. The fourth-order valence-corrected chi connectivity index (χ4v) is 2.40. The quantitative estimate of drug-likeness (QED) is 0.793. The van der Waals surface area contributed by atoms with E-state index in [4.69, 9.17) is 16.7 Å². The van der Waals surface area contributed by atoms with Crippen LogP contribution in [0.2, 0.25) is 5.02 Å². The SMILES string of the molecule is O=C(O)c1cc(S(=O)(=O)Nc2ccc(Cl)cn2)c[nH]1. The van der Waals surface area contributed by atoms with Crippen molar-refractivity contribution in [3.8, 4) is 0 Å². The van der Waals surface area contributed by atoms with E-state index in [2.05, 4.69) is 14.7 Å². The summed E-state index contributed by atoms with van der Waals surface area (Å²) in [5.74, 6) is -1.16. The van der Waals surface area contributed by atoms with Crippen LogP contribution in [-0.4, -0.2) is 29.5 Å². The van der Waals surface area contributed by atoms with E-state index >= 15 is 0 Å². The highest BCUT2D eigenvalue weighted by atomic mass is 35.5. The van der Waals surface area contributed by atoms with Crippen molar-refractivity contribution in [1.29, 1.82) is 0 Å². The van der Waals surface area contributed by atoms with Crippen molar-refractivity contribution in [2.75, 3.05) is 4.72 Å². The Labute approximate surface area is 113 Å². The van der Waals surface area contributed by atoms with Gasteiger partial charge in [0.2, 0.25) is 0 Å². The van der Waals surface area contributed by atoms with Crippen LogP contribution in [0.15, 0.2) is 35.5 Å². The highest BCUT2D eigenvalue weighted by Crippen LogP contribution is 2.16. The zero-order chi connectivity index (χ0) is 14.0. The first-order chi connectivity index (χ1) is 8.88. The molecule has 0 amide bonds. The molecule has 0 fully saturated rings. The van der Waals surface area contributed by atoms with Crippen molar-refractivity contribution in [3.05, 3.63) is 41.3 Å². The molecule has 0 aliphatic rings. The smallest absolute Gasteiger partial charge is 0.352 e. The summed E-state index contributed by atoms with van der Waals surface area (Å²) in [4.78, 5) is 16.6. The number of nitrogens with one attached hydrogen (secondary N) is 2. The number of rotatable bonds is 4. The van der Waals surface area contributed by atoms with E-state index in [0.717, 1.165) is 12.3 Å². The number of hydrogen-bond donors (Lipinski definition) is 3. The lowest BCUT2D eigenvalue weighted by Gasteiger charge is -2.04. The second kappa shape index (κ2) is 4.90. The zero-order valence-corrected chi connectivity index (χ0v) is 10.9. The minimum absolute atomic E-state index is 0.0856. The fourth-order valence-electron chi connectivity index (χ4n) is 1.29. The lowest BCUT2D eigenvalue weighted by atomic mass is 10.4. The minimum atomic E-state index is -3.89. The van der Waals surface area contributed by atoms with Gasteiger partial charge in [0.05, 0.1) is 5.02 Å². The monoisotopic (exact) mass is 301 g/mol. The highest BCUT2D eigenvalue weighted by Gasteiger charge is 2.18. The fraction of sp³-hybridized carbons (Fsp3) is 0. The van der Waals surface area contributed by atoms with Crippen molar-refractivity contribution in [2.45, 2.75) is 4.90 Å². The van der Waals surface area contributed by atoms with Crippen LogP contribution in [0.4, 0.5) is 5.82 Å². The summed E-state index contributed by atoms with van der Waals surface area (Å²) in [5, 5.41) is 9.08. The predicted octanol–water partition coefficient (Wildman–Crippen LogP) is 1.56. The Bertz CT molecular complexity index is 709. The average Bonchev–Trinajstić information content (AvgIpc) is 2.82. The highest BCUT2D eigenvalue weighted by molar-refractivity contribution is 7.92. The molecule has 2 aromatic rings. The Morgan fingerprint density at radius 1 is 1.42 bits per heavy atom. The molecular formula is C10H8ClN3O4S. The predicted molar refractivity (Wildman–Crippen MR) is 67.8 cm³/mol. The van der Waals surface area contributed by atoms with Gasteiger partial charge in [-0.25, -0.2) is 18.2 Å². The van der Waals surface area contributed by atoms with Gasteiger partial charge in [-0.3, -0.25) is 4.72 Å². The van der Waals surface area contributed by atoms with Gasteiger partial charge in [0.25, 0.3) is 10.0 Å². The summed E-state index contributed by atoms with van der Waals surface area (Å²) < 4.78 is 26.1. The Balaban J connectivity index is 2.26. The van der Waals surface area contributed by atoms with Crippen LogP contribution in [0.1, 0.15) is 10.5 Å². The number of sulfonamides is 1. The molecule has 7 nitrogen and oxygen atoms in total. The molecule has 2 rings (SSSR count). The van der Waals surface area contributed by atoms with Crippen LogP contribution in [0.5, 0.6) is 0 Å². The number of carboxylic acid groups (broad SMARTS) is 1. The maximum absolute atomic E-state index is 11.9. The zero-order valence-electron chi connectivity index (χ0n) is 9.29. The van der Waals surface area contributed by atoms with Gasteiger partial charge in [-0.1, -0.05) is 11.6 Å². The van der Waals surface area contributed by atoms with Crippen LogP contribution < -0.4 is 4.72 Å². The molecule has 0 spiro atoms. The maximum atomic E-state index is 11.9. The van der Waals surface area contributed by atoms with Crippen molar-refractivity contribution in [3.63, 3.8) is 0 Å². The standard InChI is InChI=1S/C10H8ClN3O4S/c11-6-1-2-9(13-4-6)14-19(17,18)7-3-8(10(15)16)12-5-7/h1-5,12H,(H,13,14)(H,15,16). The summed E-state index contributed by atoms with van der Waals surface area (Å²) in [6, 6.07) is 3.89. The van der Waals surface area contributed by atoms with Gasteiger partial charge >= 0.3 is 5.97 Å². The van der Waals surface area contributed by atoms with Crippen molar-refractivity contribution >= 4 is 33.4 Å². The number of aromatic nitrogens is 2. The molecule has 0 unspecified atom stereocenters. The molecule has 19 heavy (non-hydrogen) atoms. The van der Waals surface area contributed by atoms with E-state index in [1.807, 2.05) is 0 Å². The number of nitrogens with zero attached hydrogens (tertiary/aromatic N) is 1. The van der Waals surface area contributed by atoms with Gasteiger partial charge in [0.15, 0.2) is 0 Å². The first-order valence-electron chi connectivity index (χ1n) is 4.94. The summed E-state index contributed by atoms with van der Waals surface area (Å²) >= 11 is 5.63. The third kappa shape index (κ3) is 3.04. The third-order valence-corrected chi connectivity index (χ3v) is 3.72. The van der Waals surface area contributed by atoms with Crippen LogP contribution in [-0.2, 0) is 10.0 Å². The molecule has 0 aliphatic carbocycles. The van der Waals surface area contributed by atoms with Crippen LogP contribution in [0.3, 0.4) is 0 Å². The molecule has 0 saturated heterocycles. The molecular weight excluding hydrogens is 294 g/mol. The number of pyridine rings is 1. The topological polar surface area (TPSA) is 112 Å². The maximum Gasteiger partial charge on any atom is 0.352 e. The molecule has 0 atom stereocenters. The second-order valence-electron chi connectivity index (χ2n) is 3.52.